The molecule has 18 heavy (non-hydrogen) atoms. The number of rotatable bonds is 9. The van der Waals surface area contributed by atoms with Crippen molar-refractivity contribution in [3.8, 4) is 0 Å². The molecular formula is C16H25NO. The lowest BCUT2D eigenvalue weighted by Gasteiger charge is -2.03. The first-order valence-corrected chi connectivity index (χ1v) is 7.06. The minimum absolute atomic E-state index is 0.354. The number of ketones is 1. The number of hydrogen-bond donors (Lipinski definition) is 1. The summed E-state index contributed by atoms with van der Waals surface area (Å²) in [7, 11) is 0. The maximum absolute atomic E-state index is 11.8. The minimum atomic E-state index is 0.354. The van der Waals surface area contributed by atoms with Gasteiger partial charge in [-0.1, -0.05) is 44.0 Å². The van der Waals surface area contributed by atoms with Gasteiger partial charge in [-0.15, -0.1) is 0 Å². The van der Waals surface area contributed by atoms with Gasteiger partial charge >= 0.3 is 0 Å². The van der Waals surface area contributed by atoms with E-state index in [0.717, 1.165) is 44.2 Å². The van der Waals surface area contributed by atoms with Gasteiger partial charge in [0.25, 0.3) is 0 Å². The van der Waals surface area contributed by atoms with Crippen LogP contribution in [0.15, 0.2) is 24.3 Å². The van der Waals surface area contributed by atoms with E-state index in [0.29, 0.717) is 18.6 Å². The van der Waals surface area contributed by atoms with Crippen LogP contribution in [0.3, 0.4) is 0 Å². The summed E-state index contributed by atoms with van der Waals surface area (Å²) in [6.07, 6.45) is 6.70. The smallest absolute Gasteiger partial charge is 0.137 e. The second-order valence-corrected chi connectivity index (χ2v) is 4.84. The first-order valence-electron chi connectivity index (χ1n) is 7.06. The fraction of sp³-hybridized carbons (Fsp3) is 0.562. The van der Waals surface area contributed by atoms with Crippen LogP contribution in [0.2, 0.25) is 0 Å². The van der Waals surface area contributed by atoms with Gasteiger partial charge in [0.1, 0.15) is 5.78 Å². The first-order chi connectivity index (χ1) is 8.76. The van der Waals surface area contributed by atoms with Crippen LogP contribution in [0.4, 0.5) is 0 Å². The zero-order valence-electron chi connectivity index (χ0n) is 11.5. The van der Waals surface area contributed by atoms with Gasteiger partial charge in [0.05, 0.1) is 0 Å². The molecule has 1 rings (SSSR count). The lowest BCUT2D eigenvalue weighted by atomic mass is 10.0. The molecule has 0 spiro atoms. The van der Waals surface area contributed by atoms with Gasteiger partial charge in [0.15, 0.2) is 0 Å². The Bertz CT molecular complexity index is 343. The Labute approximate surface area is 111 Å². The van der Waals surface area contributed by atoms with E-state index in [4.69, 9.17) is 5.73 Å². The Kier molecular flexibility index (Phi) is 7.35. The summed E-state index contributed by atoms with van der Waals surface area (Å²) in [5.74, 6) is 0.354. The molecule has 0 aliphatic rings. The van der Waals surface area contributed by atoms with Gasteiger partial charge in [-0.2, -0.15) is 0 Å². The summed E-state index contributed by atoms with van der Waals surface area (Å²) in [6.45, 7) is 2.90. The molecule has 1 aromatic rings. The highest BCUT2D eigenvalue weighted by molar-refractivity contribution is 5.80. The summed E-state index contributed by atoms with van der Waals surface area (Å²) >= 11 is 0. The van der Waals surface area contributed by atoms with Crippen LogP contribution in [-0.2, 0) is 17.6 Å². The summed E-state index contributed by atoms with van der Waals surface area (Å²) in [5.41, 5.74) is 7.89. The van der Waals surface area contributed by atoms with Gasteiger partial charge in [0, 0.05) is 12.8 Å². The van der Waals surface area contributed by atoms with Crippen molar-refractivity contribution in [2.45, 2.75) is 51.9 Å². The van der Waals surface area contributed by atoms with Crippen LogP contribution in [0.5, 0.6) is 0 Å². The molecule has 0 saturated carbocycles. The van der Waals surface area contributed by atoms with Crippen molar-refractivity contribution in [2.24, 2.45) is 5.73 Å². The molecule has 0 bridgehead atoms. The standard InChI is InChI=1S/C16H25NO/c1-2-14-8-10-15(11-9-14)13-16(18)7-5-3-4-6-12-17/h8-11H,2-7,12-13,17H2,1H3. The summed E-state index contributed by atoms with van der Waals surface area (Å²) in [6, 6.07) is 8.38. The van der Waals surface area contributed by atoms with Crippen molar-refractivity contribution in [1.29, 1.82) is 0 Å². The molecule has 100 valence electrons. The first kappa shape index (κ1) is 14.9. The van der Waals surface area contributed by atoms with Crippen LogP contribution >= 0.6 is 0 Å². The SMILES string of the molecule is CCc1ccc(CC(=O)CCCCCCN)cc1. The number of carbonyl (C=O) groups excluding carboxylic acids is 1. The number of nitrogens with two attached hydrogens (primary N) is 1. The summed E-state index contributed by atoms with van der Waals surface area (Å²) in [5, 5.41) is 0. The van der Waals surface area contributed by atoms with Crippen molar-refractivity contribution in [3.63, 3.8) is 0 Å². The fourth-order valence-corrected chi connectivity index (χ4v) is 2.03. The predicted octanol–water partition coefficient (Wildman–Crippen LogP) is 3.27. The van der Waals surface area contributed by atoms with E-state index >= 15 is 0 Å². The molecule has 0 radical (unpaired) electrons. The Morgan fingerprint density at radius 3 is 2.22 bits per heavy atom. The van der Waals surface area contributed by atoms with Crippen LogP contribution in [0.25, 0.3) is 0 Å². The minimum Gasteiger partial charge on any atom is -0.330 e. The number of hydrogen-bond acceptors (Lipinski definition) is 2. The Morgan fingerprint density at radius 1 is 1.00 bits per heavy atom. The van der Waals surface area contributed by atoms with Crippen molar-refractivity contribution >= 4 is 5.78 Å². The predicted molar refractivity (Wildman–Crippen MR) is 76.7 cm³/mol. The van der Waals surface area contributed by atoms with Crippen LogP contribution < -0.4 is 5.73 Å². The summed E-state index contributed by atoms with van der Waals surface area (Å²) < 4.78 is 0. The molecule has 1 aromatic carbocycles. The van der Waals surface area contributed by atoms with Gasteiger partial charge in [0.2, 0.25) is 0 Å². The normalized spacial score (nSPS) is 10.6. The van der Waals surface area contributed by atoms with E-state index in [2.05, 4.69) is 31.2 Å². The Hall–Kier alpha value is -1.15. The van der Waals surface area contributed by atoms with E-state index in [-0.39, 0.29) is 0 Å². The zero-order valence-corrected chi connectivity index (χ0v) is 11.5. The van der Waals surface area contributed by atoms with Crippen LogP contribution in [0, 0.1) is 0 Å². The van der Waals surface area contributed by atoms with Crippen molar-refractivity contribution in [2.75, 3.05) is 6.54 Å². The third-order valence-corrected chi connectivity index (χ3v) is 3.24. The number of carbonyl (C=O) groups is 1. The van der Waals surface area contributed by atoms with Crippen LogP contribution in [-0.4, -0.2) is 12.3 Å². The highest BCUT2D eigenvalue weighted by atomic mass is 16.1. The van der Waals surface area contributed by atoms with Crippen molar-refractivity contribution in [3.05, 3.63) is 35.4 Å². The molecule has 0 aliphatic heterocycles. The largest absolute Gasteiger partial charge is 0.330 e. The van der Waals surface area contributed by atoms with Gasteiger partial charge in [-0.05, 0) is 36.9 Å². The van der Waals surface area contributed by atoms with E-state index in [9.17, 15) is 4.79 Å². The molecular weight excluding hydrogens is 222 g/mol. The topological polar surface area (TPSA) is 43.1 Å². The summed E-state index contributed by atoms with van der Waals surface area (Å²) in [4.78, 5) is 11.8. The lowest BCUT2D eigenvalue weighted by molar-refractivity contribution is -0.118. The molecule has 0 saturated heterocycles. The van der Waals surface area contributed by atoms with Crippen molar-refractivity contribution < 1.29 is 4.79 Å². The van der Waals surface area contributed by atoms with E-state index in [1.165, 1.54) is 5.56 Å². The molecule has 2 nitrogen and oxygen atoms in total. The fourth-order valence-electron chi connectivity index (χ4n) is 2.03. The highest BCUT2D eigenvalue weighted by Crippen LogP contribution is 2.09. The zero-order chi connectivity index (χ0) is 13.2. The number of Topliss-reactive ketones (excluding diaryl/α,β-unsaturated/α-hetero) is 1. The Balaban J connectivity index is 2.22. The number of unbranched alkanes of at least 4 members (excludes halogenated alkanes) is 3. The average Bonchev–Trinajstić information content (AvgIpc) is 2.39. The van der Waals surface area contributed by atoms with Gasteiger partial charge in [-0.3, -0.25) is 4.79 Å². The van der Waals surface area contributed by atoms with Crippen LogP contribution in [0.1, 0.15) is 50.2 Å². The van der Waals surface area contributed by atoms with Gasteiger partial charge in [-0.25, -0.2) is 0 Å². The molecule has 0 unspecified atom stereocenters. The molecule has 0 aromatic heterocycles. The molecule has 2 N–H and O–H groups in total. The molecule has 0 amide bonds. The average molecular weight is 247 g/mol. The maximum Gasteiger partial charge on any atom is 0.137 e. The number of aryl methyl sites for hydroxylation is 1. The second-order valence-electron chi connectivity index (χ2n) is 4.84. The molecule has 0 atom stereocenters. The molecule has 0 aliphatic carbocycles. The molecule has 0 fully saturated rings. The number of benzene rings is 1. The van der Waals surface area contributed by atoms with E-state index < -0.39 is 0 Å². The van der Waals surface area contributed by atoms with Crippen molar-refractivity contribution in [1.82, 2.24) is 0 Å². The third kappa shape index (κ3) is 5.97. The van der Waals surface area contributed by atoms with E-state index in [1.54, 1.807) is 0 Å². The highest BCUT2D eigenvalue weighted by Gasteiger charge is 2.03. The maximum atomic E-state index is 11.8. The lowest BCUT2D eigenvalue weighted by Crippen LogP contribution is -2.03. The van der Waals surface area contributed by atoms with E-state index in [1.807, 2.05) is 0 Å². The van der Waals surface area contributed by atoms with Gasteiger partial charge < -0.3 is 5.73 Å². The third-order valence-electron chi connectivity index (χ3n) is 3.24. The molecule has 0 heterocycles. The second kappa shape index (κ2) is 8.87. The molecule has 2 heteroatoms. The monoisotopic (exact) mass is 247 g/mol. The quantitative estimate of drug-likeness (QED) is 0.681. The Morgan fingerprint density at radius 2 is 1.61 bits per heavy atom.